The molecule has 0 aliphatic heterocycles. The predicted molar refractivity (Wildman–Crippen MR) is 84.0 cm³/mol. The molecule has 108 valence electrons. The molecule has 0 spiro atoms. The molecular weight excluding hydrogens is 286 g/mol. The largest absolute Gasteiger partial charge is 0.269 e. The summed E-state index contributed by atoms with van der Waals surface area (Å²) in [6, 6.07) is 16.0. The Hall–Kier alpha value is -2.21. The number of nitro groups is 1. The smallest absolute Gasteiger partial charge is 0.258 e. The highest BCUT2D eigenvalue weighted by Gasteiger charge is 2.18. The van der Waals surface area contributed by atoms with E-state index in [2.05, 4.69) is 10.2 Å². The van der Waals surface area contributed by atoms with E-state index < -0.39 is 9.79 Å². The molecule has 2 aromatic rings. The van der Waals surface area contributed by atoms with Crippen LogP contribution in [0.1, 0.15) is 13.8 Å². The summed E-state index contributed by atoms with van der Waals surface area (Å²) in [7, 11) is 0. The van der Waals surface area contributed by atoms with E-state index in [9.17, 15) is 10.1 Å². The molecule has 6 heteroatoms. The molecule has 0 aliphatic carbocycles. The van der Waals surface area contributed by atoms with Crippen LogP contribution < -0.4 is 0 Å². The molecule has 0 saturated heterocycles. The summed E-state index contributed by atoms with van der Waals surface area (Å²) in [5.41, 5.74) is 0.647. The molecular formula is C15H15N3O2S. The second kappa shape index (κ2) is 6.49. The Labute approximate surface area is 127 Å². The van der Waals surface area contributed by atoms with Crippen molar-refractivity contribution in [1.29, 1.82) is 0 Å². The first-order chi connectivity index (χ1) is 9.96. The van der Waals surface area contributed by atoms with Crippen molar-refractivity contribution < 1.29 is 4.92 Å². The van der Waals surface area contributed by atoms with Crippen molar-refractivity contribution in [1.82, 2.24) is 0 Å². The maximum Gasteiger partial charge on any atom is 0.269 e. The Morgan fingerprint density at radius 1 is 1.05 bits per heavy atom. The Morgan fingerprint density at radius 3 is 2.24 bits per heavy atom. The van der Waals surface area contributed by atoms with Crippen molar-refractivity contribution in [2.45, 2.75) is 23.6 Å². The molecule has 21 heavy (non-hydrogen) atoms. The summed E-state index contributed by atoms with van der Waals surface area (Å²) >= 11 is 1.60. The first-order valence-corrected chi connectivity index (χ1v) is 7.19. The van der Waals surface area contributed by atoms with Gasteiger partial charge in [-0.2, -0.15) is 10.2 Å². The standard InChI is InChI=1S/C15H15N3O2S/c1-15(2,21-14-6-4-3-5-7-14)17-16-12-8-10-13(11-9-12)18(19)20/h3-11H,1-2H3. The van der Waals surface area contributed by atoms with Crippen molar-refractivity contribution in [3.8, 4) is 0 Å². The molecule has 0 bridgehead atoms. The van der Waals surface area contributed by atoms with Gasteiger partial charge in [-0.15, -0.1) is 0 Å². The first kappa shape index (κ1) is 15.2. The van der Waals surface area contributed by atoms with Crippen LogP contribution in [0.4, 0.5) is 11.4 Å². The summed E-state index contributed by atoms with van der Waals surface area (Å²) < 4.78 is 0. The van der Waals surface area contributed by atoms with E-state index >= 15 is 0 Å². The highest BCUT2D eigenvalue weighted by atomic mass is 32.2. The van der Waals surface area contributed by atoms with E-state index in [1.54, 1.807) is 23.9 Å². The third-order valence-corrected chi connectivity index (χ3v) is 3.67. The zero-order valence-corrected chi connectivity index (χ0v) is 12.6. The summed E-state index contributed by atoms with van der Waals surface area (Å²) in [4.78, 5) is 10.8. The van der Waals surface area contributed by atoms with E-state index in [4.69, 9.17) is 0 Å². The molecule has 0 atom stereocenters. The van der Waals surface area contributed by atoms with E-state index in [1.807, 2.05) is 44.2 Å². The maximum absolute atomic E-state index is 10.6. The van der Waals surface area contributed by atoms with Gasteiger partial charge in [0.25, 0.3) is 5.69 Å². The fourth-order valence-electron chi connectivity index (χ4n) is 1.62. The first-order valence-electron chi connectivity index (χ1n) is 6.38. The van der Waals surface area contributed by atoms with Crippen molar-refractivity contribution >= 4 is 23.1 Å². The molecule has 0 aliphatic rings. The van der Waals surface area contributed by atoms with Crippen molar-refractivity contribution in [2.24, 2.45) is 10.2 Å². The lowest BCUT2D eigenvalue weighted by molar-refractivity contribution is -0.384. The molecule has 0 fully saturated rings. The van der Waals surface area contributed by atoms with Gasteiger partial charge in [0.2, 0.25) is 0 Å². The van der Waals surface area contributed by atoms with Crippen LogP contribution >= 0.6 is 11.8 Å². The van der Waals surface area contributed by atoms with Gasteiger partial charge in [0, 0.05) is 17.0 Å². The van der Waals surface area contributed by atoms with Crippen molar-refractivity contribution in [3.05, 3.63) is 64.7 Å². The minimum atomic E-state index is -0.434. The van der Waals surface area contributed by atoms with E-state index in [1.165, 1.54) is 12.1 Å². The third kappa shape index (κ3) is 4.68. The predicted octanol–water partition coefficient (Wildman–Crippen LogP) is 5.21. The van der Waals surface area contributed by atoms with Crippen molar-refractivity contribution in [3.63, 3.8) is 0 Å². The van der Waals surface area contributed by atoms with E-state index in [0.29, 0.717) is 5.69 Å². The van der Waals surface area contributed by atoms with Gasteiger partial charge in [0.05, 0.1) is 10.6 Å². The molecule has 0 radical (unpaired) electrons. The van der Waals surface area contributed by atoms with Crippen LogP contribution in [0.3, 0.4) is 0 Å². The summed E-state index contributed by atoms with van der Waals surface area (Å²) in [6.45, 7) is 3.94. The molecule has 5 nitrogen and oxygen atoms in total. The number of nitro benzene ring substituents is 1. The van der Waals surface area contributed by atoms with Gasteiger partial charge in [0.1, 0.15) is 4.87 Å². The molecule has 0 unspecified atom stereocenters. The molecule has 0 aromatic heterocycles. The molecule has 0 saturated carbocycles. The topological polar surface area (TPSA) is 67.9 Å². The van der Waals surface area contributed by atoms with Gasteiger partial charge >= 0.3 is 0 Å². The van der Waals surface area contributed by atoms with Crippen LogP contribution in [-0.2, 0) is 0 Å². The highest BCUT2D eigenvalue weighted by Crippen LogP contribution is 2.34. The van der Waals surface area contributed by atoms with Crippen LogP contribution in [-0.4, -0.2) is 9.79 Å². The second-order valence-corrected chi connectivity index (χ2v) is 6.51. The fourth-order valence-corrected chi connectivity index (χ4v) is 2.57. The molecule has 2 aromatic carbocycles. The quantitative estimate of drug-likeness (QED) is 0.329. The Bertz CT molecular complexity index is 640. The van der Waals surface area contributed by atoms with Crippen LogP contribution in [0, 0.1) is 10.1 Å². The van der Waals surface area contributed by atoms with E-state index in [0.717, 1.165) is 4.90 Å². The number of nitrogens with zero attached hydrogens (tertiary/aromatic N) is 3. The number of hydrogen-bond donors (Lipinski definition) is 0. The van der Waals surface area contributed by atoms with Gasteiger partial charge in [-0.1, -0.05) is 30.0 Å². The zero-order chi connectivity index (χ0) is 15.3. The monoisotopic (exact) mass is 301 g/mol. The van der Waals surface area contributed by atoms with Gasteiger partial charge in [0.15, 0.2) is 0 Å². The third-order valence-electron chi connectivity index (χ3n) is 2.58. The lowest BCUT2D eigenvalue weighted by Gasteiger charge is -2.17. The fraction of sp³-hybridized carbons (Fsp3) is 0.200. The maximum atomic E-state index is 10.6. The average molecular weight is 301 g/mol. The molecule has 0 amide bonds. The number of thioether (sulfide) groups is 1. The minimum absolute atomic E-state index is 0.0480. The minimum Gasteiger partial charge on any atom is -0.258 e. The lowest BCUT2D eigenvalue weighted by Crippen LogP contribution is -2.08. The number of rotatable bonds is 5. The van der Waals surface area contributed by atoms with Gasteiger partial charge in [-0.3, -0.25) is 10.1 Å². The number of non-ortho nitro benzene ring substituents is 1. The second-order valence-electron chi connectivity index (χ2n) is 4.84. The van der Waals surface area contributed by atoms with Crippen LogP contribution in [0.25, 0.3) is 0 Å². The van der Waals surface area contributed by atoms with Crippen LogP contribution in [0.15, 0.2) is 69.7 Å². The average Bonchev–Trinajstić information content (AvgIpc) is 2.46. The SMILES string of the molecule is CC(C)(N=Nc1ccc([N+](=O)[O-])cc1)Sc1ccccc1. The molecule has 0 heterocycles. The lowest BCUT2D eigenvalue weighted by atomic mass is 10.3. The number of hydrogen-bond acceptors (Lipinski definition) is 5. The van der Waals surface area contributed by atoms with Crippen molar-refractivity contribution in [2.75, 3.05) is 0 Å². The van der Waals surface area contributed by atoms with Crippen LogP contribution in [0.5, 0.6) is 0 Å². The molecule has 2 rings (SSSR count). The van der Waals surface area contributed by atoms with Gasteiger partial charge < -0.3 is 0 Å². The molecule has 0 N–H and O–H groups in total. The summed E-state index contributed by atoms with van der Waals surface area (Å²) in [5, 5.41) is 19.1. The number of benzene rings is 2. The van der Waals surface area contributed by atoms with Crippen LogP contribution in [0.2, 0.25) is 0 Å². The summed E-state index contributed by atoms with van der Waals surface area (Å²) in [6.07, 6.45) is 0. The van der Waals surface area contributed by atoms with Gasteiger partial charge in [-0.05, 0) is 38.1 Å². The number of azo groups is 1. The highest BCUT2D eigenvalue weighted by molar-refractivity contribution is 8.00. The Kier molecular flexibility index (Phi) is 4.70. The van der Waals surface area contributed by atoms with Gasteiger partial charge in [-0.25, -0.2) is 0 Å². The van der Waals surface area contributed by atoms with E-state index in [-0.39, 0.29) is 5.69 Å². The Balaban J connectivity index is 2.06. The normalized spacial score (nSPS) is 11.7. The summed E-state index contributed by atoms with van der Waals surface area (Å²) in [5.74, 6) is 0. The Morgan fingerprint density at radius 2 is 1.67 bits per heavy atom. The zero-order valence-electron chi connectivity index (χ0n) is 11.8.